The summed E-state index contributed by atoms with van der Waals surface area (Å²) in [7, 11) is 0. The summed E-state index contributed by atoms with van der Waals surface area (Å²) in [5.74, 6) is -0.0460. The van der Waals surface area contributed by atoms with Gasteiger partial charge in [0, 0.05) is 16.3 Å². The molecule has 5 atom stereocenters. The second kappa shape index (κ2) is 6.66. The maximum Gasteiger partial charge on any atom is 0.229 e. The summed E-state index contributed by atoms with van der Waals surface area (Å²) in [6.07, 6.45) is -7.11. The van der Waals surface area contributed by atoms with E-state index in [1.165, 1.54) is 12.1 Å². The van der Waals surface area contributed by atoms with Gasteiger partial charge in [0.05, 0.1) is 6.61 Å². The molecule has 0 amide bonds. The van der Waals surface area contributed by atoms with Gasteiger partial charge in [0.25, 0.3) is 0 Å². The molecule has 0 radical (unpaired) electrons. The lowest BCUT2D eigenvalue weighted by molar-refractivity contribution is -0.277. The van der Waals surface area contributed by atoms with E-state index in [1.54, 1.807) is 19.1 Å². The van der Waals surface area contributed by atoms with Crippen molar-refractivity contribution >= 4 is 10.8 Å². The van der Waals surface area contributed by atoms with E-state index >= 15 is 0 Å². The summed E-state index contributed by atoms with van der Waals surface area (Å²) in [6, 6.07) is 6.15. The Morgan fingerprint density at radius 1 is 1.04 bits per heavy atom. The Kier molecular flexibility index (Phi) is 4.72. The van der Waals surface area contributed by atoms with Crippen molar-refractivity contribution in [1.29, 1.82) is 0 Å². The van der Waals surface area contributed by atoms with Crippen LogP contribution in [-0.4, -0.2) is 68.0 Å². The third-order valence-electron chi connectivity index (χ3n) is 4.43. The second-order valence-electron chi connectivity index (χ2n) is 6.04. The van der Waals surface area contributed by atoms with Crippen LogP contribution in [0, 0.1) is 6.92 Å². The summed E-state index contributed by atoms with van der Waals surface area (Å²) < 4.78 is 10.9. The van der Waals surface area contributed by atoms with Crippen LogP contribution in [0.4, 0.5) is 0 Å². The van der Waals surface area contributed by atoms with E-state index < -0.39 is 37.3 Å². The summed E-state index contributed by atoms with van der Waals surface area (Å²) >= 11 is 0. The zero-order valence-electron chi connectivity index (χ0n) is 13.4. The van der Waals surface area contributed by atoms with E-state index in [2.05, 4.69) is 0 Å². The highest BCUT2D eigenvalue weighted by Crippen LogP contribution is 2.40. The Labute approximate surface area is 143 Å². The molecule has 0 unspecified atom stereocenters. The number of fused-ring (bicyclic) bond motifs is 1. The average Bonchev–Trinajstić information content (AvgIpc) is 2.60. The van der Waals surface area contributed by atoms with Gasteiger partial charge in [0.1, 0.15) is 41.7 Å². The molecule has 0 spiro atoms. The molecule has 1 heterocycles. The van der Waals surface area contributed by atoms with Crippen molar-refractivity contribution in [2.45, 2.75) is 37.6 Å². The molecule has 0 aromatic heterocycles. The van der Waals surface area contributed by atoms with E-state index in [-0.39, 0.29) is 17.2 Å². The van der Waals surface area contributed by atoms with E-state index in [9.17, 15) is 30.6 Å². The third kappa shape index (κ3) is 2.99. The smallest absolute Gasteiger partial charge is 0.229 e. The SMILES string of the molecule is Cc1c(O[C@@H]2O[C@H](CO)[C@@H](O)[C@H](O)[C@H]2O)cc2c(O)cccc2c1O. The number of aromatic hydroxyl groups is 2. The number of ether oxygens (including phenoxy) is 2. The lowest BCUT2D eigenvalue weighted by Gasteiger charge is -2.39. The molecule has 1 saturated heterocycles. The van der Waals surface area contributed by atoms with Crippen molar-refractivity contribution in [1.82, 2.24) is 0 Å². The molecule has 1 fully saturated rings. The molecule has 2 aromatic rings. The fraction of sp³-hybridized carbons (Fsp3) is 0.412. The first-order valence-electron chi connectivity index (χ1n) is 7.76. The second-order valence-corrected chi connectivity index (χ2v) is 6.04. The Morgan fingerprint density at radius 2 is 1.76 bits per heavy atom. The average molecular weight is 352 g/mol. The zero-order chi connectivity index (χ0) is 18.3. The van der Waals surface area contributed by atoms with Crippen LogP contribution < -0.4 is 4.74 Å². The van der Waals surface area contributed by atoms with Crippen LogP contribution in [0.1, 0.15) is 5.56 Å². The van der Waals surface area contributed by atoms with Crippen molar-refractivity contribution in [3.8, 4) is 17.2 Å². The normalized spacial score (nSPS) is 29.7. The topological polar surface area (TPSA) is 140 Å². The van der Waals surface area contributed by atoms with Crippen LogP contribution in [0.25, 0.3) is 10.8 Å². The molecular weight excluding hydrogens is 332 g/mol. The fourth-order valence-corrected chi connectivity index (χ4v) is 2.88. The zero-order valence-corrected chi connectivity index (χ0v) is 13.4. The molecule has 1 aliphatic heterocycles. The van der Waals surface area contributed by atoms with Crippen LogP contribution >= 0.6 is 0 Å². The first-order valence-corrected chi connectivity index (χ1v) is 7.76. The molecule has 25 heavy (non-hydrogen) atoms. The predicted octanol–water partition coefficient (Wildman–Crippen LogP) is -0.262. The molecule has 3 rings (SSSR count). The van der Waals surface area contributed by atoms with Crippen LogP contribution in [0.15, 0.2) is 24.3 Å². The Balaban J connectivity index is 1.97. The number of aliphatic hydroxyl groups is 4. The van der Waals surface area contributed by atoms with Crippen molar-refractivity contribution in [2.24, 2.45) is 0 Å². The van der Waals surface area contributed by atoms with Gasteiger partial charge in [-0.3, -0.25) is 0 Å². The van der Waals surface area contributed by atoms with Gasteiger partial charge in [0.2, 0.25) is 6.29 Å². The van der Waals surface area contributed by atoms with E-state index in [0.717, 1.165) is 0 Å². The molecule has 6 N–H and O–H groups in total. The van der Waals surface area contributed by atoms with Crippen molar-refractivity contribution < 1.29 is 40.1 Å². The molecule has 2 aromatic carbocycles. The number of phenols is 2. The molecule has 0 saturated carbocycles. The van der Waals surface area contributed by atoms with Gasteiger partial charge in [-0.05, 0) is 19.1 Å². The van der Waals surface area contributed by atoms with Crippen molar-refractivity contribution in [3.05, 3.63) is 29.8 Å². The van der Waals surface area contributed by atoms with Gasteiger partial charge in [-0.2, -0.15) is 0 Å². The molecule has 0 bridgehead atoms. The minimum absolute atomic E-state index is 0.0635. The fourth-order valence-electron chi connectivity index (χ4n) is 2.88. The Hall–Kier alpha value is -2.10. The van der Waals surface area contributed by atoms with Gasteiger partial charge in [-0.25, -0.2) is 0 Å². The quantitative estimate of drug-likeness (QED) is 0.444. The van der Waals surface area contributed by atoms with Crippen molar-refractivity contribution in [2.75, 3.05) is 6.61 Å². The first-order chi connectivity index (χ1) is 11.8. The van der Waals surface area contributed by atoms with Gasteiger partial charge in [-0.1, -0.05) is 12.1 Å². The lowest BCUT2D eigenvalue weighted by atomic mass is 9.99. The van der Waals surface area contributed by atoms with Gasteiger partial charge < -0.3 is 40.1 Å². The van der Waals surface area contributed by atoms with E-state index in [1.807, 2.05) is 0 Å². The monoisotopic (exact) mass is 352 g/mol. The van der Waals surface area contributed by atoms with Crippen molar-refractivity contribution in [3.63, 3.8) is 0 Å². The number of hydrogen-bond acceptors (Lipinski definition) is 8. The van der Waals surface area contributed by atoms with Gasteiger partial charge in [-0.15, -0.1) is 0 Å². The number of benzene rings is 2. The maximum atomic E-state index is 10.3. The Morgan fingerprint density at radius 3 is 2.44 bits per heavy atom. The Bertz CT molecular complexity index is 775. The summed E-state index contributed by atoms with van der Waals surface area (Å²) in [4.78, 5) is 0. The minimum atomic E-state index is -1.57. The highest BCUT2D eigenvalue weighted by Gasteiger charge is 2.44. The maximum absolute atomic E-state index is 10.3. The predicted molar refractivity (Wildman–Crippen MR) is 86.4 cm³/mol. The van der Waals surface area contributed by atoms with E-state index in [4.69, 9.17) is 9.47 Å². The summed E-state index contributed by atoms with van der Waals surface area (Å²) in [6.45, 7) is 1.01. The minimum Gasteiger partial charge on any atom is -0.507 e. The van der Waals surface area contributed by atoms with E-state index in [0.29, 0.717) is 16.3 Å². The standard InChI is InChI=1S/C17H20O8/c1-7-11(5-9-8(13(7)20)3-2-4-10(9)19)24-17-16(23)15(22)14(21)12(6-18)25-17/h2-5,12,14-23H,6H2,1H3/t12-,14-,15+,16-,17-/m1/s1. The number of rotatable bonds is 3. The molecular formula is C17H20O8. The number of hydrogen-bond donors (Lipinski definition) is 6. The summed E-state index contributed by atoms with van der Waals surface area (Å²) in [5.41, 5.74) is 0.343. The number of phenolic OH excluding ortho intramolecular Hbond substituents is 2. The molecule has 0 aliphatic carbocycles. The highest BCUT2D eigenvalue weighted by molar-refractivity contribution is 5.95. The van der Waals surface area contributed by atoms with Crippen LogP contribution in [-0.2, 0) is 4.74 Å². The number of aliphatic hydroxyl groups excluding tert-OH is 4. The summed E-state index contributed by atoms with van der Waals surface area (Å²) in [5, 5.41) is 60.0. The molecule has 136 valence electrons. The molecule has 1 aliphatic rings. The molecule has 8 nitrogen and oxygen atoms in total. The van der Waals surface area contributed by atoms with Crippen LogP contribution in [0.3, 0.4) is 0 Å². The van der Waals surface area contributed by atoms with Gasteiger partial charge >= 0.3 is 0 Å². The lowest BCUT2D eigenvalue weighted by Crippen LogP contribution is -2.60. The van der Waals surface area contributed by atoms with Gasteiger partial charge in [0.15, 0.2) is 0 Å². The third-order valence-corrected chi connectivity index (χ3v) is 4.43. The molecule has 8 heteroatoms. The highest BCUT2D eigenvalue weighted by atomic mass is 16.7. The largest absolute Gasteiger partial charge is 0.507 e. The van der Waals surface area contributed by atoms with Crippen LogP contribution in [0.5, 0.6) is 17.2 Å². The first kappa shape index (κ1) is 17.7. The van der Waals surface area contributed by atoms with Crippen LogP contribution in [0.2, 0.25) is 0 Å².